The van der Waals surface area contributed by atoms with Crippen LogP contribution in [0.5, 0.6) is 0 Å². The summed E-state index contributed by atoms with van der Waals surface area (Å²) in [7, 11) is 0. The van der Waals surface area contributed by atoms with Crippen molar-refractivity contribution in [1.82, 2.24) is 21.3 Å². The Morgan fingerprint density at radius 1 is 0.368 bits per heavy atom. The van der Waals surface area contributed by atoms with Crippen LogP contribution in [-0.2, 0) is 104 Å². The van der Waals surface area contributed by atoms with E-state index in [0.29, 0.717) is 0 Å². The maximum absolute atomic E-state index is 13.2. The van der Waals surface area contributed by atoms with Crippen LogP contribution in [0.1, 0.15) is 41.0 Å². The maximum atomic E-state index is 13.2. The molecule has 9 aliphatic heterocycles. The van der Waals surface area contributed by atoms with E-state index >= 15 is 0 Å². The van der Waals surface area contributed by atoms with Gasteiger partial charge >= 0.3 is 5.97 Å². The molecule has 0 radical (unpaired) electrons. The molecule has 0 bridgehead atoms. The summed E-state index contributed by atoms with van der Waals surface area (Å²) in [5.41, 5.74) is 0. The third kappa shape index (κ3) is 21.4. The zero-order chi connectivity index (χ0) is 86.6. The molecule has 9 fully saturated rings. The van der Waals surface area contributed by atoms with Gasteiger partial charge in [-0.15, -0.1) is 0 Å². The summed E-state index contributed by atoms with van der Waals surface area (Å²) in [5, 5.41) is 298. The highest BCUT2D eigenvalue weighted by atomic mass is 16.8. The van der Waals surface area contributed by atoms with E-state index in [-0.39, 0.29) is 0 Å². The summed E-state index contributed by atoms with van der Waals surface area (Å²) in [4.78, 5) is 64.1. The van der Waals surface area contributed by atoms with Crippen molar-refractivity contribution >= 4 is 29.6 Å². The highest BCUT2D eigenvalue weighted by Gasteiger charge is 2.63. The molecular weight excluding hydrogens is 1600 g/mol. The highest BCUT2D eigenvalue weighted by Crippen LogP contribution is 2.42. The number of carbonyl (C=O) groups is 5. The molecule has 0 spiro atoms. The Bertz CT molecular complexity index is 3190. The molecule has 117 heavy (non-hydrogen) atoms. The third-order valence-corrected chi connectivity index (χ3v) is 21.3. The molecule has 52 nitrogen and oxygen atoms in total. The summed E-state index contributed by atoms with van der Waals surface area (Å²) in [6, 6.07) is -7.54. The van der Waals surface area contributed by atoms with Crippen molar-refractivity contribution in [2.45, 2.75) is 323 Å². The standard InChI is InChI=1S/C65H108N4O48/c1-15-33(82)42(91)45(94)59(103-15)102-14-28-51(39(88)30(56(98)104-28)67-17(3)77)111-57-31(68-18(4)78)40(89)49(25(11-74)108-57)112-61-47(96)53(38(87)27(110-61)13-101-60-46(95)43(92)35(84)22(8-71)105-60)114-63-55(44(93)36(85)23(9-72)107-63)115-58-32(69-19(5)79)41(90)50(26(12-75)109-58)113-62-48(97)54(37(86)24(10-73)106-62)117-65(64(99)100)6-20(80)29(66-16(2)76)52(116-65)34(83)21(81)7-70/h15,20-63,70-75,80-98H,6-14H2,1-5H3,(H,66,76)(H,67,77)(H,68,78)(H,69,79)(H,99,100)/t15-,20-,21+,22+,23+,24+,25+,26+,27+,28+,29+,30+,31+,32+,33+,34+,35+,36+,37-,38+,39+,40+,41+,42+,43-,44-,45-,46-,47-,48+,49+,50+,51+,52+,53-,54-,55-,56?,57?,58?,59?,60?,61?,62?,63?,65?/m0/s1. The molecule has 9 heterocycles. The van der Waals surface area contributed by atoms with Gasteiger partial charge in [-0.3, -0.25) is 19.2 Å². The van der Waals surface area contributed by atoms with E-state index < -0.39 is 371 Å². The van der Waals surface area contributed by atoms with E-state index in [1.165, 1.54) is 6.92 Å². The number of hydrogen-bond acceptors (Lipinski definition) is 47. The van der Waals surface area contributed by atoms with Crippen LogP contribution < -0.4 is 21.3 Å². The molecule has 4 amide bonds. The van der Waals surface area contributed by atoms with E-state index in [1.807, 2.05) is 0 Å². The first-order valence-corrected chi connectivity index (χ1v) is 37.1. The maximum Gasteiger partial charge on any atom is 0.364 e. The van der Waals surface area contributed by atoms with Gasteiger partial charge < -0.3 is 235 Å². The molecule has 9 saturated heterocycles. The minimum Gasteiger partial charge on any atom is -0.477 e. The van der Waals surface area contributed by atoms with Crippen molar-refractivity contribution in [3.8, 4) is 0 Å². The van der Waals surface area contributed by atoms with Crippen LogP contribution in [0.15, 0.2) is 0 Å². The van der Waals surface area contributed by atoms with Gasteiger partial charge in [0.15, 0.2) is 50.3 Å². The van der Waals surface area contributed by atoms with Crippen LogP contribution >= 0.6 is 0 Å². The smallest absolute Gasteiger partial charge is 0.364 e. The van der Waals surface area contributed by atoms with E-state index in [0.717, 1.165) is 27.7 Å². The molecule has 0 saturated carbocycles. The van der Waals surface area contributed by atoms with Crippen molar-refractivity contribution in [3.63, 3.8) is 0 Å². The van der Waals surface area contributed by atoms with Crippen molar-refractivity contribution in [2.75, 3.05) is 52.9 Å². The normalized spacial score (nSPS) is 47.9. The second-order valence-corrected chi connectivity index (χ2v) is 29.6. The Kier molecular flexibility index (Phi) is 34.2. The van der Waals surface area contributed by atoms with Gasteiger partial charge in [-0.1, -0.05) is 0 Å². The van der Waals surface area contributed by atoms with Gasteiger partial charge in [-0.05, 0) is 6.92 Å². The van der Waals surface area contributed by atoms with Crippen LogP contribution in [0.2, 0.25) is 0 Å². The van der Waals surface area contributed by atoms with Crippen molar-refractivity contribution in [2.24, 2.45) is 0 Å². The Morgan fingerprint density at radius 3 is 1.24 bits per heavy atom. The monoisotopic (exact) mass is 1710 g/mol. The third-order valence-electron chi connectivity index (χ3n) is 21.3. The van der Waals surface area contributed by atoms with Crippen LogP contribution in [0, 0.1) is 0 Å². The molecule has 0 aromatic carbocycles. The fourth-order valence-electron chi connectivity index (χ4n) is 15.0. The molecule has 9 aliphatic rings. The van der Waals surface area contributed by atoms with E-state index in [9.17, 15) is 157 Å². The Balaban J connectivity index is 1.00. The molecule has 30 N–H and O–H groups in total. The predicted molar refractivity (Wildman–Crippen MR) is 359 cm³/mol. The summed E-state index contributed by atoms with van der Waals surface area (Å²) in [6.07, 6.45) is -88.0. The molecular formula is C65H108N4O48. The van der Waals surface area contributed by atoms with Gasteiger partial charge in [0, 0.05) is 34.1 Å². The van der Waals surface area contributed by atoms with Crippen molar-refractivity contribution in [3.05, 3.63) is 0 Å². The molecule has 0 aromatic heterocycles. The second kappa shape index (κ2) is 41.4. The average Bonchev–Trinajstić information content (AvgIpc) is 0.754. The minimum atomic E-state index is -3.30. The van der Waals surface area contributed by atoms with Crippen LogP contribution in [0.25, 0.3) is 0 Å². The number of rotatable bonds is 31. The number of ether oxygens (including phenoxy) is 17. The Labute approximate surface area is 662 Å². The average molecular weight is 1710 g/mol. The molecule has 9 unspecified atom stereocenters. The largest absolute Gasteiger partial charge is 0.477 e. The first-order valence-electron chi connectivity index (χ1n) is 37.1. The minimum absolute atomic E-state index is 0.829. The lowest BCUT2D eigenvalue weighted by atomic mass is 9.88. The topological polar surface area (TPSA) is 816 Å². The lowest BCUT2D eigenvalue weighted by molar-refractivity contribution is -0.400. The van der Waals surface area contributed by atoms with Gasteiger partial charge in [-0.2, -0.15) is 0 Å². The summed E-state index contributed by atoms with van der Waals surface area (Å²) in [6.45, 7) is -3.95. The molecule has 46 atom stereocenters. The number of aliphatic hydroxyl groups is 25. The molecule has 0 aliphatic carbocycles. The van der Waals surface area contributed by atoms with Gasteiger partial charge in [0.25, 0.3) is 5.79 Å². The van der Waals surface area contributed by atoms with Crippen LogP contribution in [-0.4, -0.2) is 497 Å². The van der Waals surface area contributed by atoms with Crippen molar-refractivity contribution < 1.29 is 237 Å². The molecule has 52 heteroatoms. The highest BCUT2D eigenvalue weighted by molar-refractivity contribution is 5.77. The fourth-order valence-corrected chi connectivity index (χ4v) is 15.0. The van der Waals surface area contributed by atoms with Gasteiger partial charge in [-0.25, -0.2) is 4.79 Å². The number of hydrogen-bond donors (Lipinski definition) is 30. The Morgan fingerprint density at radius 2 is 0.744 bits per heavy atom. The zero-order valence-electron chi connectivity index (χ0n) is 63.0. The number of aliphatic carboxylic acids is 1. The number of carbonyl (C=O) groups excluding carboxylic acids is 4. The van der Waals surface area contributed by atoms with Crippen LogP contribution in [0.4, 0.5) is 0 Å². The number of amides is 4. The molecule has 676 valence electrons. The lowest BCUT2D eigenvalue weighted by Gasteiger charge is -2.51. The fraction of sp³-hybridized carbons (Fsp3) is 0.923. The van der Waals surface area contributed by atoms with E-state index in [2.05, 4.69) is 21.3 Å². The second-order valence-electron chi connectivity index (χ2n) is 29.6. The van der Waals surface area contributed by atoms with Gasteiger partial charge in [0.05, 0.1) is 71.1 Å². The number of carboxylic acids is 1. The summed E-state index contributed by atoms with van der Waals surface area (Å²) in [5.74, 6) is -9.15. The molecule has 9 rings (SSSR count). The zero-order valence-corrected chi connectivity index (χ0v) is 63.0. The van der Waals surface area contributed by atoms with Crippen LogP contribution in [0.3, 0.4) is 0 Å². The number of carboxylic acid groups (broad SMARTS) is 1. The summed E-state index contributed by atoms with van der Waals surface area (Å²) >= 11 is 0. The quantitative estimate of drug-likeness (QED) is 0.0306. The lowest BCUT2D eigenvalue weighted by Crippen LogP contribution is -2.71. The number of nitrogens with one attached hydrogen (secondary N) is 4. The summed E-state index contributed by atoms with van der Waals surface area (Å²) < 4.78 is 99.9. The van der Waals surface area contributed by atoms with E-state index in [1.54, 1.807) is 0 Å². The molecule has 0 aromatic rings. The first-order chi connectivity index (χ1) is 55.1. The van der Waals surface area contributed by atoms with Gasteiger partial charge in [0.2, 0.25) is 23.6 Å². The Hall–Kier alpha value is -4.33. The van der Waals surface area contributed by atoms with E-state index in [4.69, 9.17) is 80.5 Å². The SMILES string of the molecule is CC(=O)N[C@H]1[C@H]([C@H](O)[C@H](O)CO)OC(O[C@H]2[C@@H](O)[C@@H](CO)OC(O[C@H]3[C@H](O)[C@@H](NC(C)=O)C(O[C@@H]4C(O[C@H]5[C@H](O)[C@@H](COC6O[C@H](CO)[C@@H](O)[C@H](O)[C@@H]6O)OC(O[C@H]6[C@H](O)[C@@H](NC(C)=O)C(O[C@H]7[C@H](O)[C@@H](NC(C)=O)C(O)O[C@@H]7COC7O[C@@H](C)[C@@H](O)[C@@H](O)[C@@H]7O)O[C@@H]6CO)[C@H]5O)O[C@H](CO)[C@@H](O)[C@@H]4O)O[C@@H]3CO)[C@@H]2O)(C(=O)O)C[C@@H]1O. The number of aliphatic hydroxyl groups excluding tert-OH is 25. The predicted octanol–water partition coefficient (Wildman–Crippen LogP) is -19.8. The first kappa shape index (κ1) is 96.5. The van der Waals surface area contributed by atoms with Gasteiger partial charge in [0.1, 0.15) is 207 Å². The van der Waals surface area contributed by atoms with Crippen molar-refractivity contribution in [1.29, 1.82) is 0 Å².